The topological polar surface area (TPSA) is 20.2 Å². The van der Waals surface area contributed by atoms with Crippen LogP contribution < -0.4 is 0 Å². The first-order chi connectivity index (χ1) is 16.4. The van der Waals surface area contributed by atoms with Crippen LogP contribution in [0.15, 0.2) is 0 Å². The second-order valence-electron chi connectivity index (χ2n) is 14.4. The summed E-state index contributed by atoms with van der Waals surface area (Å²) in [7, 11) is 0. The van der Waals surface area contributed by atoms with Crippen molar-refractivity contribution in [1.29, 1.82) is 0 Å². The Morgan fingerprint density at radius 3 is 2.24 bits per heavy atom. The number of hydrogen-bond acceptors (Lipinski definition) is 1. The van der Waals surface area contributed by atoms with Gasteiger partial charge in [0.1, 0.15) is 0 Å². The molecule has 0 aromatic rings. The molecule has 0 aromatic carbocycles. The molecule has 1 N–H and O–H groups in total. The zero-order chi connectivity index (χ0) is 24.2. The Kier molecular flexibility index (Phi) is 9.53. The summed E-state index contributed by atoms with van der Waals surface area (Å²) >= 11 is 0. The van der Waals surface area contributed by atoms with E-state index in [4.69, 9.17) is 5.11 Å². The molecule has 0 spiro atoms. The van der Waals surface area contributed by atoms with Crippen molar-refractivity contribution in [2.75, 3.05) is 6.61 Å². The molecular weight excluding hydrogens is 412 g/mol. The molecule has 4 aliphatic rings. The van der Waals surface area contributed by atoms with Crippen LogP contribution in [0, 0.1) is 52.3 Å². The first-order valence-corrected chi connectivity index (χ1v) is 16.0. The molecule has 34 heavy (non-hydrogen) atoms. The van der Waals surface area contributed by atoms with Crippen molar-refractivity contribution in [2.45, 2.75) is 150 Å². The van der Waals surface area contributed by atoms with Crippen molar-refractivity contribution < 1.29 is 5.11 Å². The van der Waals surface area contributed by atoms with Gasteiger partial charge in [-0.3, -0.25) is 0 Å². The van der Waals surface area contributed by atoms with Crippen LogP contribution in [0.25, 0.3) is 0 Å². The summed E-state index contributed by atoms with van der Waals surface area (Å²) in [5.41, 5.74) is 1.35. The lowest BCUT2D eigenvalue weighted by Crippen LogP contribution is -2.53. The van der Waals surface area contributed by atoms with Crippen molar-refractivity contribution in [3.63, 3.8) is 0 Å². The smallest absolute Gasteiger partial charge is 0.0431 e. The van der Waals surface area contributed by atoms with E-state index in [2.05, 4.69) is 27.7 Å². The molecule has 0 bridgehead atoms. The fourth-order valence-electron chi connectivity index (χ4n) is 10.5. The monoisotopic (exact) mass is 472 g/mol. The fraction of sp³-hybridized carbons (Fsp3) is 1.00. The van der Waals surface area contributed by atoms with E-state index in [1.807, 2.05) is 0 Å². The Morgan fingerprint density at radius 1 is 0.676 bits per heavy atom. The number of aliphatic hydroxyl groups excluding tert-OH is 1. The van der Waals surface area contributed by atoms with Gasteiger partial charge < -0.3 is 5.11 Å². The highest BCUT2D eigenvalue weighted by atomic mass is 16.2. The number of unbranched alkanes of at least 4 members (excludes halogenated alkanes) is 4. The summed E-state index contributed by atoms with van der Waals surface area (Å²) in [6, 6.07) is 0. The number of rotatable bonds is 12. The standard InChI is InChI=1S/C33H60O/c1-25(13-8-6-5-7-11-24-34)14-12-15-26(2)29-19-20-30-28-18-17-27-16-9-10-22-32(27,3)31(28)21-23-33(29,30)4/h25-31,34H,5-24H2,1-4H3/t25?,26-,27?,28+,29-,30+,31+,32+,33-/m1/s1. The maximum absolute atomic E-state index is 8.91. The van der Waals surface area contributed by atoms with E-state index in [-0.39, 0.29) is 0 Å². The summed E-state index contributed by atoms with van der Waals surface area (Å²) in [6.45, 7) is 11.0. The number of aliphatic hydroxyl groups is 1. The summed E-state index contributed by atoms with van der Waals surface area (Å²) < 4.78 is 0. The van der Waals surface area contributed by atoms with Crippen LogP contribution in [-0.2, 0) is 0 Å². The van der Waals surface area contributed by atoms with Crippen molar-refractivity contribution in [3.8, 4) is 0 Å². The molecule has 4 aliphatic carbocycles. The molecule has 1 heteroatoms. The van der Waals surface area contributed by atoms with Crippen LogP contribution >= 0.6 is 0 Å². The van der Waals surface area contributed by atoms with Crippen LogP contribution in [0.2, 0.25) is 0 Å². The van der Waals surface area contributed by atoms with E-state index >= 15 is 0 Å². The molecule has 1 nitrogen and oxygen atoms in total. The van der Waals surface area contributed by atoms with Gasteiger partial charge in [0.05, 0.1) is 0 Å². The van der Waals surface area contributed by atoms with Crippen LogP contribution in [-0.4, -0.2) is 11.7 Å². The van der Waals surface area contributed by atoms with Crippen LogP contribution in [0.1, 0.15) is 150 Å². The Balaban J connectivity index is 1.23. The molecule has 0 aromatic heterocycles. The first-order valence-electron chi connectivity index (χ1n) is 16.0. The number of hydrogen-bond donors (Lipinski definition) is 1. The Labute approximate surface area is 213 Å². The molecule has 0 radical (unpaired) electrons. The zero-order valence-electron chi connectivity index (χ0n) is 23.6. The van der Waals surface area contributed by atoms with E-state index in [0.29, 0.717) is 17.4 Å². The van der Waals surface area contributed by atoms with Gasteiger partial charge >= 0.3 is 0 Å². The predicted molar refractivity (Wildman–Crippen MR) is 147 cm³/mol. The molecule has 4 saturated carbocycles. The molecule has 4 rings (SSSR count). The van der Waals surface area contributed by atoms with E-state index in [1.54, 1.807) is 44.9 Å². The largest absolute Gasteiger partial charge is 0.396 e. The molecule has 0 amide bonds. The Hall–Kier alpha value is -0.0400. The third-order valence-corrected chi connectivity index (χ3v) is 12.6. The van der Waals surface area contributed by atoms with Gasteiger partial charge in [0.25, 0.3) is 0 Å². The summed E-state index contributed by atoms with van der Waals surface area (Å²) in [6.07, 6.45) is 27.5. The summed E-state index contributed by atoms with van der Waals surface area (Å²) in [5.74, 6) is 7.05. The van der Waals surface area contributed by atoms with E-state index in [1.165, 1.54) is 70.6 Å². The number of fused-ring (bicyclic) bond motifs is 5. The van der Waals surface area contributed by atoms with Gasteiger partial charge in [-0.2, -0.15) is 0 Å². The fourth-order valence-corrected chi connectivity index (χ4v) is 10.5. The maximum atomic E-state index is 8.91. The third-order valence-electron chi connectivity index (χ3n) is 12.6. The second kappa shape index (κ2) is 12.0. The SMILES string of the molecule is CC(CCCCCCCO)CCC[C@@H](C)[C@H]1CC[C@H]2[C@@H]3CCC4CCCC[C@]4(C)[C@H]3CC[C@]12C. The lowest BCUT2D eigenvalue weighted by molar-refractivity contribution is -0.114. The molecule has 0 aliphatic heterocycles. The molecule has 2 unspecified atom stereocenters. The van der Waals surface area contributed by atoms with Gasteiger partial charge in [-0.25, -0.2) is 0 Å². The minimum Gasteiger partial charge on any atom is -0.396 e. The highest BCUT2D eigenvalue weighted by Crippen LogP contribution is 2.68. The summed E-state index contributed by atoms with van der Waals surface area (Å²) in [4.78, 5) is 0. The molecule has 198 valence electrons. The van der Waals surface area contributed by atoms with Gasteiger partial charge in [-0.1, -0.05) is 91.9 Å². The molecule has 0 saturated heterocycles. The van der Waals surface area contributed by atoms with Crippen LogP contribution in [0.5, 0.6) is 0 Å². The van der Waals surface area contributed by atoms with Crippen LogP contribution in [0.3, 0.4) is 0 Å². The van der Waals surface area contributed by atoms with Gasteiger partial charge in [-0.15, -0.1) is 0 Å². The second-order valence-corrected chi connectivity index (χ2v) is 14.4. The molecule has 4 fully saturated rings. The average molecular weight is 473 g/mol. The van der Waals surface area contributed by atoms with Crippen molar-refractivity contribution in [1.82, 2.24) is 0 Å². The Bertz CT molecular complexity index is 614. The van der Waals surface area contributed by atoms with Crippen molar-refractivity contribution >= 4 is 0 Å². The highest BCUT2D eigenvalue weighted by molar-refractivity contribution is 5.09. The minimum atomic E-state index is 0.371. The lowest BCUT2D eigenvalue weighted by Gasteiger charge is -2.61. The zero-order valence-corrected chi connectivity index (χ0v) is 23.6. The summed E-state index contributed by atoms with van der Waals surface area (Å²) in [5, 5.41) is 8.91. The van der Waals surface area contributed by atoms with Gasteiger partial charge in [0.2, 0.25) is 0 Å². The third kappa shape index (κ3) is 5.60. The van der Waals surface area contributed by atoms with Crippen molar-refractivity contribution in [3.05, 3.63) is 0 Å². The van der Waals surface area contributed by atoms with Crippen LogP contribution in [0.4, 0.5) is 0 Å². The van der Waals surface area contributed by atoms with E-state index < -0.39 is 0 Å². The van der Waals surface area contributed by atoms with E-state index in [0.717, 1.165) is 47.8 Å². The van der Waals surface area contributed by atoms with Gasteiger partial charge in [-0.05, 0) is 110 Å². The van der Waals surface area contributed by atoms with Gasteiger partial charge in [0, 0.05) is 6.61 Å². The molecule has 9 atom stereocenters. The Morgan fingerprint density at radius 2 is 1.41 bits per heavy atom. The molecule has 0 heterocycles. The quantitative estimate of drug-likeness (QED) is 0.280. The predicted octanol–water partition coefficient (Wildman–Crippen LogP) is 9.81. The van der Waals surface area contributed by atoms with Crippen molar-refractivity contribution in [2.24, 2.45) is 52.3 Å². The van der Waals surface area contributed by atoms with Gasteiger partial charge in [0.15, 0.2) is 0 Å². The maximum Gasteiger partial charge on any atom is 0.0431 e. The first kappa shape index (κ1) is 27.0. The average Bonchev–Trinajstić information content (AvgIpc) is 3.18. The van der Waals surface area contributed by atoms with E-state index in [9.17, 15) is 0 Å². The highest BCUT2D eigenvalue weighted by Gasteiger charge is 2.60. The molecular formula is C33H60O. The lowest BCUT2D eigenvalue weighted by atomic mass is 9.44. The minimum absolute atomic E-state index is 0.371. The normalized spacial score (nSPS) is 41.4.